The lowest BCUT2D eigenvalue weighted by Gasteiger charge is -2.42. The van der Waals surface area contributed by atoms with Crippen molar-refractivity contribution < 1.29 is 14.6 Å². The summed E-state index contributed by atoms with van der Waals surface area (Å²) in [6, 6.07) is 9.93. The normalized spacial score (nSPS) is 34.5. The largest absolute Gasteiger partial charge is 0.465 e. The summed E-state index contributed by atoms with van der Waals surface area (Å²) < 4.78 is 5.25. The van der Waals surface area contributed by atoms with Crippen LogP contribution in [0.4, 0.5) is 0 Å². The molecule has 0 bridgehead atoms. The second kappa shape index (κ2) is 4.64. The van der Waals surface area contributed by atoms with E-state index in [0.717, 1.165) is 31.2 Å². The van der Waals surface area contributed by atoms with E-state index >= 15 is 0 Å². The third kappa shape index (κ3) is 1.96. The van der Waals surface area contributed by atoms with E-state index in [1.807, 2.05) is 30.3 Å². The van der Waals surface area contributed by atoms with Crippen LogP contribution in [0.3, 0.4) is 0 Å². The molecule has 3 heteroatoms. The molecule has 0 aromatic heterocycles. The Bertz CT molecular complexity index is 470. The van der Waals surface area contributed by atoms with Gasteiger partial charge in [0.25, 0.3) is 0 Å². The van der Waals surface area contributed by atoms with Crippen molar-refractivity contribution in [3.8, 4) is 0 Å². The number of carbonyl (C=O) groups excluding carboxylic acids is 1. The van der Waals surface area contributed by atoms with E-state index in [1.54, 1.807) is 0 Å². The van der Waals surface area contributed by atoms with Gasteiger partial charge in [-0.15, -0.1) is 0 Å². The molecule has 0 unspecified atom stereocenters. The number of benzene rings is 1. The third-order valence-electron chi connectivity index (χ3n) is 4.80. The van der Waals surface area contributed by atoms with E-state index in [4.69, 9.17) is 4.74 Å². The zero-order chi connectivity index (χ0) is 13.3. The van der Waals surface area contributed by atoms with E-state index in [0.29, 0.717) is 19.4 Å². The van der Waals surface area contributed by atoms with Gasteiger partial charge in [0.15, 0.2) is 0 Å². The molecule has 1 aromatic rings. The number of carbonyl (C=O) groups is 1. The zero-order valence-electron chi connectivity index (χ0n) is 11.1. The highest BCUT2D eigenvalue weighted by Gasteiger charge is 2.60. The van der Waals surface area contributed by atoms with E-state index in [2.05, 4.69) is 0 Å². The number of hydrogen-bond donors (Lipinski definition) is 1. The van der Waals surface area contributed by atoms with Crippen LogP contribution in [0.15, 0.2) is 30.3 Å². The molecular formula is C16H20O3. The van der Waals surface area contributed by atoms with Crippen molar-refractivity contribution in [2.24, 2.45) is 5.41 Å². The molecule has 2 atom stereocenters. The highest BCUT2D eigenvalue weighted by Crippen LogP contribution is 2.53. The molecular weight excluding hydrogens is 240 g/mol. The van der Waals surface area contributed by atoms with Crippen LogP contribution in [-0.2, 0) is 16.0 Å². The number of ether oxygens (including phenoxy) is 1. The van der Waals surface area contributed by atoms with E-state index in [9.17, 15) is 9.90 Å². The number of esters is 1. The lowest BCUT2D eigenvalue weighted by Crippen LogP contribution is -2.53. The molecule has 3 rings (SSSR count). The lowest BCUT2D eigenvalue weighted by atomic mass is 9.68. The first-order valence-electron chi connectivity index (χ1n) is 7.10. The number of cyclic esters (lactones) is 1. The van der Waals surface area contributed by atoms with Crippen LogP contribution in [0.25, 0.3) is 0 Å². The summed E-state index contributed by atoms with van der Waals surface area (Å²) in [5.41, 5.74) is -0.517. The minimum Gasteiger partial charge on any atom is -0.465 e. The van der Waals surface area contributed by atoms with Gasteiger partial charge in [-0.1, -0.05) is 30.3 Å². The molecule has 1 N–H and O–H groups in total. The van der Waals surface area contributed by atoms with Gasteiger partial charge in [0.2, 0.25) is 0 Å². The first-order valence-corrected chi connectivity index (χ1v) is 7.10. The number of rotatable bonds is 2. The summed E-state index contributed by atoms with van der Waals surface area (Å²) in [4.78, 5) is 12.2. The minimum atomic E-state index is -0.939. The average molecular weight is 260 g/mol. The van der Waals surface area contributed by atoms with Crippen molar-refractivity contribution in [2.75, 3.05) is 6.61 Å². The van der Waals surface area contributed by atoms with E-state index < -0.39 is 11.0 Å². The van der Waals surface area contributed by atoms with Crippen LogP contribution in [0, 0.1) is 5.41 Å². The van der Waals surface area contributed by atoms with Gasteiger partial charge in [-0.3, -0.25) is 4.79 Å². The lowest BCUT2D eigenvalue weighted by molar-refractivity contribution is -0.180. The minimum absolute atomic E-state index is 0.185. The molecule has 3 nitrogen and oxygen atoms in total. The molecule has 2 aliphatic rings. The molecule has 102 valence electrons. The molecule has 0 radical (unpaired) electrons. The molecule has 1 aliphatic heterocycles. The van der Waals surface area contributed by atoms with Crippen LogP contribution in [0.5, 0.6) is 0 Å². The van der Waals surface area contributed by atoms with Crippen LogP contribution in [0.1, 0.15) is 37.7 Å². The van der Waals surface area contributed by atoms with Gasteiger partial charge in [0, 0.05) is 6.42 Å². The predicted octanol–water partition coefficient (Wildman–Crippen LogP) is 2.47. The summed E-state index contributed by atoms with van der Waals surface area (Å²) >= 11 is 0. The van der Waals surface area contributed by atoms with Crippen molar-refractivity contribution in [1.29, 1.82) is 0 Å². The maximum absolute atomic E-state index is 12.2. The molecule has 1 spiro atoms. The van der Waals surface area contributed by atoms with Gasteiger partial charge in [-0.05, 0) is 37.7 Å². The Balaban J connectivity index is 1.91. The van der Waals surface area contributed by atoms with Crippen molar-refractivity contribution in [3.63, 3.8) is 0 Å². The van der Waals surface area contributed by atoms with Gasteiger partial charge >= 0.3 is 5.97 Å². The quantitative estimate of drug-likeness (QED) is 0.831. The van der Waals surface area contributed by atoms with Crippen LogP contribution >= 0.6 is 0 Å². The van der Waals surface area contributed by atoms with Crippen molar-refractivity contribution in [1.82, 2.24) is 0 Å². The molecule has 1 saturated carbocycles. The standard InChI is InChI=1S/C16H20O3/c17-14-15(9-5-11-19-14)8-4-10-16(15,18)12-13-6-2-1-3-7-13/h1-3,6-7,18H,4-5,8-12H2/t15-,16-/m0/s1. The van der Waals surface area contributed by atoms with Crippen molar-refractivity contribution in [3.05, 3.63) is 35.9 Å². The third-order valence-corrected chi connectivity index (χ3v) is 4.80. The van der Waals surface area contributed by atoms with Gasteiger partial charge in [0.1, 0.15) is 0 Å². The SMILES string of the molecule is O=C1OCCC[C@@]12CCC[C@]2(O)Cc1ccccc1. The maximum atomic E-state index is 12.2. The Morgan fingerprint density at radius 2 is 1.84 bits per heavy atom. The number of hydrogen-bond acceptors (Lipinski definition) is 3. The average Bonchev–Trinajstić information content (AvgIpc) is 2.72. The van der Waals surface area contributed by atoms with Gasteiger partial charge in [-0.25, -0.2) is 0 Å². The predicted molar refractivity (Wildman–Crippen MR) is 71.6 cm³/mol. The summed E-state index contributed by atoms with van der Waals surface area (Å²) in [5, 5.41) is 11.1. The van der Waals surface area contributed by atoms with Crippen LogP contribution in [0.2, 0.25) is 0 Å². The smallest absolute Gasteiger partial charge is 0.315 e. The molecule has 0 amide bonds. The molecule has 1 heterocycles. The van der Waals surface area contributed by atoms with Crippen molar-refractivity contribution in [2.45, 2.75) is 44.1 Å². The Morgan fingerprint density at radius 3 is 2.58 bits per heavy atom. The fraction of sp³-hybridized carbons (Fsp3) is 0.562. The second-order valence-electron chi connectivity index (χ2n) is 5.87. The summed E-state index contributed by atoms with van der Waals surface area (Å²) in [7, 11) is 0. The van der Waals surface area contributed by atoms with E-state index in [-0.39, 0.29) is 5.97 Å². The molecule has 1 aliphatic carbocycles. The Hall–Kier alpha value is -1.35. The first kappa shape index (κ1) is 12.7. The van der Waals surface area contributed by atoms with Gasteiger partial charge in [-0.2, -0.15) is 0 Å². The molecule has 1 aromatic carbocycles. The fourth-order valence-electron chi connectivity index (χ4n) is 3.77. The monoisotopic (exact) mass is 260 g/mol. The summed E-state index contributed by atoms with van der Waals surface area (Å²) in [5.74, 6) is -0.185. The van der Waals surface area contributed by atoms with Gasteiger partial charge < -0.3 is 9.84 Å². The summed E-state index contributed by atoms with van der Waals surface area (Å²) in [6.45, 7) is 0.502. The Morgan fingerprint density at radius 1 is 1.11 bits per heavy atom. The first-order chi connectivity index (χ1) is 9.16. The van der Waals surface area contributed by atoms with Gasteiger partial charge in [0.05, 0.1) is 17.6 Å². The molecule has 19 heavy (non-hydrogen) atoms. The second-order valence-corrected chi connectivity index (χ2v) is 5.87. The maximum Gasteiger partial charge on any atom is 0.315 e. The van der Waals surface area contributed by atoms with Crippen LogP contribution in [-0.4, -0.2) is 23.3 Å². The highest BCUT2D eigenvalue weighted by molar-refractivity contribution is 5.79. The van der Waals surface area contributed by atoms with E-state index in [1.165, 1.54) is 0 Å². The molecule has 1 saturated heterocycles. The zero-order valence-corrected chi connectivity index (χ0v) is 11.1. The summed E-state index contributed by atoms with van der Waals surface area (Å²) in [6.07, 6.45) is 4.52. The highest BCUT2D eigenvalue weighted by atomic mass is 16.5. The van der Waals surface area contributed by atoms with Crippen molar-refractivity contribution >= 4 is 5.97 Å². The molecule has 2 fully saturated rings. The Kier molecular flexibility index (Phi) is 3.09. The Labute approximate surface area is 113 Å². The fourth-order valence-corrected chi connectivity index (χ4v) is 3.77. The van der Waals surface area contributed by atoms with Crippen LogP contribution < -0.4 is 0 Å². The topological polar surface area (TPSA) is 46.5 Å². The number of aliphatic hydroxyl groups is 1.